The molecule has 1 aliphatic heterocycles. The van der Waals surface area contributed by atoms with Gasteiger partial charge < -0.3 is 29.3 Å². The van der Waals surface area contributed by atoms with Crippen molar-refractivity contribution in [1.29, 1.82) is 0 Å². The Morgan fingerprint density at radius 2 is 1.95 bits per heavy atom. The van der Waals surface area contributed by atoms with Gasteiger partial charge in [0.25, 0.3) is 0 Å². The van der Waals surface area contributed by atoms with Crippen LogP contribution in [0.5, 0.6) is 0 Å². The van der Waals surface area contributed by atoms with Crippen molar-refractivity contribution < 1.29 is 37.8 Å². The van der Waals surface area contributed by atoms with Crippen LogP contribution in [0.1, 0.15) is 70.1 Å². The van der Waals surface area contributed by atoms with Gasteiger partial charge in [0.15, 0.2) is 5.58 Å². The van der Waals surface area contributed by atoms with Gasteiger partial charge in [-0.2, -0.15) is 4.99 Å². The van der Waals surface area contributed by atoms with E-state index in [-0.39, 0.29) is 29.2 Å². The number of furan rings is 1. The summed E-state index contributed by atoms with van der Waals surface area (Å²) in [5, 5.41) is 1.47. The number of nitrogens with zero attached hydrogens (tertiary/aromatic N) is 4. The summed E-state index contributed by atoms with van der Waals surface area (Å²) in [5.74, 6) is -0.650. The number of allylic oxidation sites excluding steroid dienone is 1. The summed E-state index contributed by atoms with van der Waals surface area (Å²) in [5.41, 5.74) is 6.34. The molecule has 2 unspecified atom stereocenters. The molecule has 13 nitrogen and oxygen atoms in total. The van der Waals surface area contributed by atoms with E-state index in [1.165, 1.54) is 37.7 Å². The van der Waals surface area contributed by atoms with Gasteiger partial charge in [-0.25, -0.2) is 9.86 Å². The number of hydrogen-bond acceptors (Lipinski definition) is 10. The van der Waals surface area contributed by atoms with Crippen molar-refractivity contribution >= 4 is 46.9 Å². The Balaban J connectivity index is 0.00000144. The standard InChI is InChI=1S/C26H35N5O7.C3H8O/c1-7-18-10-17(8-9-36-18)31(15-32)22-19-11-20(16(12-27)13-29-25(34)38-26(2,3)4)28-14-21(19)37-23(22)24(33)30(5)35-6;1-3-4-2/h11-15,17-18H,7-10,27H2,1-6H3;3H2,1-2H3/b16-12+,29-13+;. The maximum absolute atomic E-state index is 13.2. The minimum Gasteiger partial charge on any atom is -0.447 e. The van der Waals surface area contributed by atoms with Crippen LogP contribution in [0.15, 0.2) is 27.9 Å². The number of pyridine rings is 1. The van der Waals surface area contributed by atoms with Crippen molar-refractivity contribution in [2.45, 2.75) is 71.6 Å². The highest BCUT2D eigenvalue weighted by molar-refractivity contribution is 6.14. The Kier molecular flexibility index (Phi) is 13.1. The normalized spacial score (nSPS) is 17.5. The highest BCUT2D eigenvalue weighted by Crippen LogP contribution is 2.38. The number of methoxy groups -OCH3 is 1. The molecule has 1 saturated heterocycles. The molecule has 0 aromatic carbocycles. The second-order valence-corrected chi connectivity index (χ2v) is 10.4. The number of fused-ring (bicyclic) bond motifs is 1. The first-order valence-electron chi connectivity index (χ1n) is 13.7. The van der Waals surface area contributed by atoms with E-state index >= 15 is 0 Å². The van der Waals surface area contributed by atoms with Crippen LogP contribution in [-0.4, -0.2) is 86.9 Å². The Morgan fingerprint density at radius 3 is 2.50 bits per heavy atom. The van der Waals surface area contributed by atoms with E-state index in [0.717, 1.165) is 18.1 Å². The molecule has 2 atom stereocenters. The monoisotopic (exact) mass is 589 g/mol. The molecule has 232 valence electrons. The lowest BCUT2D eigenvalue weighted by molar-refractivity contribution is -0.108. The first kappa shape index (κ1) is 34.4. The molecule has 42 heavy (non-hydrogen) atoms. The molecule has 3 rings (SSSR count). The number of rotatable bonds is 9. The third-order valence-corrected chi connectivity index (χ3v) is 6.33. The molecule has 2 N–H and O–H groups in total. The lowest BCUT2D eigenvalue weighted by Crippen LogP contribution is -2.42. The highest BCUT2D eigenvalue weighted by Gasteiger charge is 2.34. The van der Waals surface area contributed by atoms with Gasteiger partial charge in [-0.1, -0.05) is 6.92 Å². The summed E-state index contributed by atoms with van der Waals surface area (Å²) in [6.45, 7) is 10.5. The summed E-state index contributed by atoms with van der Waals surface area (Å²) < 4.78 is 21.4. The van der Waals surface area contributed by atoms with Gasteiger partial charge in [0.1, 0.15) is 11.3 Å². The van der Waals surface area contributed by atoms with E-state index in [0.29, 0.717) is 42.5 Å². The topological polar surface area (TPSA) is 159 Å². The molecule has 1 aliphatic rings. The number of anilines is 1. The van der Waals surface area contributed by atoms with Crippen molar-refractivity contribution in [3.63, 3.8) is 0 Å². The summed E-state index contributed by atoms with van der Waals surface area (Å²) in [6.07, 6.45) is 5.79. The third-order valence-electron chi connectivity index (χ3n) is 6.33. The van der Waals surface area contributed by atoms with Crippen LogP contribution in [0.25, 0.3) is 16.5 Å². The highest BCUT2D eigenvalue weighted by atomic mass is 16.7. The first-order chi connectivity index (χ1) is 19.9. The van der Waals surface area contributed by atoms with Crippen molar-refractivity contribution in [3.8, 4) is 0 Å². The zero-order chi connectivity index (χ0) is 31.4. The van der Waals surface area contributed by atoms with Crippen LogP contribution in [-0.2, 0) is 23.8 Å². The van der Waals surface area contributed by atoms with Crippen LogP contribution in [0, 0.1) is 0 Å². The van der Waals surface area contributed by atoms with E-state index in [9.17, 15) is 14.4 Å². The van der Waals surface area contributed by atoms with Crippen LogP contribution < -0.4 is 10.6 Å². The fraction of sp³-hybridized carbons (Fsp3) is 0.552. The smallest absolute Gasteiger partial charge is 0.434 e. The fourth-order valence-electron chi connectivity index (χ4n) is 4.10. The Labute approximate surface area is 246 Å². The number of ether oxygens (including phenoxy) is 3. The van der Waals surface area contributed by atoms with Gasteiger partial charge in [-0.05, 0) is 53.0 Å². The minimum atomic E-state index is -0.783. The molecule has 0 saturated carbocycles. The largest absolute Gasteiger partial charge is 0.447 e. The van der Waals surface area contributed by atoms with E-state index < -0.39 is 17.6 Å². The SMILES string of the molecule is CCC1CC(N(C=O)c2c(C(=O)N(C)OC)oc3cnc(C(=C/N)/C=N/C(=O)OC(C)(C)C)cc23)CCO1.CCOC. The zero-order valence-electron chi connectivity index (χ0n) is 25.7. The molecule has 3 amide bonds. The Morgan fingerprint density at radius 1 is 1.26 bits per heavy atom. The molecule has 0 spiro atoms. The third kappa shape index (κ3) is 9.10. The number of carbonyl (C=O) groups excluding carboxylic acids is 3. The van der Waals surface area contributed by atoms with Crippen molar-refractivity contribution in [1.82, 2.24) is 10.0 Å². The van der Waals surface area contributed by atoms with Gasteiger partial charge in [0.05, 0.1) is 25.1 Å². The number of carbonyl (C=O) groups is 3. The second kappa shape index (κ2) is 16.0. The molecular weight excluding hydrogens is 546 g/mol. The maximum Gasteiger partial charge on any atom is 0.434 e. The van der Waals surface area contributed by atoms with Crippen LogP contribution in [0.3, 0.4) is 0 Å². The van der Waals surface area contributed by atoms with E-state index in [4.69, 9.17) is 24.5 Å². The number of aromatic nitrogens is 1. The molecule has 0 aliphatic carbocycles. The predicted molar refractivity (Wildman–Crippen MR) is 159 cm³/mol. The minimum absolute atomic E-state index is 0.0109. The second-order valence-electron chi connectivity index (χ2n) is 10.4. The maximum atomic E-state index is 13.2. The van der Waals surface area contributed by atoms with Crippen LogP contribution >= 0.6 is 0 Å². The van der Waals surface area contributed by atoms with Crippen LogP contribution in [0.2, 0.25) is 0 Å². The van der Waals surface area contributed by atoms with Gasteiger partial charge in [0, 0.05) is 56.8 Å². The van der Waals surface area contributed by atoms with Gasteiger partial charge in [0.2, 0.25) is 12.2 Å². The van der Waals surface area contributed by atoms with Gasteiger partial charge in [-0.15, -0.1) is 0 Å². The van der Waals surface area contributed by atoms with Gasteiger partial charge >= 0.3 is 12.0 Å². The number of aliphatic imine (C=N–C) groups is 1. The molecule has 0 bridgehead atoms. The molecular formula is C29H43N5O8. The predicted octanol–water partition coefficient (Wildman–Crippen LogP) is 4.34. The molecule has 2 aromatic rings. The van der Waals surface area contributed by atoms with Gasteiger partial charge in [-0.3, -0.25) is 19.4 Å². The summed E-state index contributed by atoms with van der Waals surface area (Å²) in [7, 11) is 4.47. The zero-order valence-corrected chi connectivity index (χ0v) is 25.7. The van der Waals surface area contributed by atoms with Crippen molar-refractivity contribution in [2.24, 2.45) is 10.7 Å². The molecule has 3 heterocycles. The van der Waals surface area contributed by atoms with E-state index in [1.807, 2.05) is 13.8 Å². The number of hydrogen-bond donors (Lipinski definition) is 1. The average molecular weight is 590 g/mol. The van der Waals surface area contributed by atoms with E-state index in [1.54, 1.807) is 33.9 Å². The summed E-state index contributed by atoms with van der Waals surface area (Å²) in [4.78, 5) is 52.5. The molecule has 2 aromatic heterocycles. The van der Waals surface area contributed by atoms with Crippen molar-refractivity contribution in [3.05, 3.63) is 29.9 Å². The molecule has 13 heteroatoms. The lowest BCUT2D eigenvalue weighted by atomic mass is 9.99. The van der Waals surface area contributed by atoms with Crippen molar-refractivity contribution in [2.75, 3.05) is 39.4 Å². The Bertz CT molecular complexity index is 1260. The average Bonchev–Trinajstić information content (AvgIpc) is 3.35. The number of hydroxylamine groups is 2. The fourth-order valence-corrected chi connectivity index (χ4v) is 4.10. The summed E-state index contributed by atoms with van der Waals surface area (Å²) >= 11 is 0. The lowest BCUT2D eigenvalue weighted by Gasteiger charge is -2.35. The van der Waals surface area contributed by atoms with E-state index in [2.05, 4.69) is 14.7 Å². The number of amides is 3. The molecule has 1 fully saturated rings. The Hall–Kier alpha value is -3.81. The quantitative estimate of drug-likeness (QED) is 0.253. The van der Waals surface area contributed by atoms with Crippen LogP contribution in [0.4, 0.5) is 10.5 Å². The molecule has 0 radical (unpaired) electrons. The first-order valence-corrected chi connectivity index (χ1v) is 13.7. The summed E-state index contributed by atoms with van der Waals surface area (Å²) in [6, 6.07) is 1.41. The number of nitrogens with two attached hydrogens (primary N) is 1.